The number of benzene rings is 6. The smallest absolute Gasteiger partial charge is 0.0949 e. The highest BCUT2D eigenvalue weighted by atomic mass is 15.3. The van der Waals surface area contributed by atoms with Gasteiger partial charge in [0.05, 0.1) is 33.8 Å². The maximum absolute atomic E-state index is 5.51. The molecule has 0 bridgehead atoms. The lowest BCUT2D eigenvalue weighted by Gasteiger charge is -2.34. The lowest BCUT2D eigenvalue weighted by atomic mass is 10.1. The first-order valence-electron chi connectivity index (χ1n) is 23.2. The Morgan fingerprint density at radius 2 is 0.734 bits per heavy atom. The Kier molecular flexibility index (Phi) is 11.3. The summed E-state index contributed by atoms with van der Waals surface area (Å²) in [4.78, 5) is 16.2. The number of hydrogen-bond donors (Lipinski definition) is 0. The first kappa shape index (κ1) is 40.0. The second-order valence-electron chi connectivity index (χ2n) is 17.5. The molecule has 10 aromatic rings. The fourth-order valence-electron chi connectivity index (χ4n) is 10.2. The Balaban J connectivity index is 0.855. The van der Waals surface area contributed by atoms with Crippen molar-refractivity contribution >= 4 is 43.6 Å². The predicted octanol–water partition coefficient (Wildman–Crippen LogP) is 12.6. The Labute approximate surface area is 376 Å². The summed E-state index contributed by atoms with van der Waals surface area (Å²) in [5.74, 6) is 0. The summed E-state index contributed by atoms with van der Waals surface area (Å²) in [5, 5.41) is 5.20. The van der Waals surface area contributed by atoms with Gasteiger partial charge in [0.25, 0.3) is 0 Å². The molecule has 0 atom stereocenters. The van der Waals surface area contributed by atoms with E-state index in [0.717, 1.165) is 101 Å². The van der Waals surface area contributed by atoms with E-state index < -0.39 is 0 Å². The van der Waals surface area contributed by atoms with Gasteiger partial charge in [0.1, 0.15) is 0 Å². The average molecular weight is 835 g/mol. The molecular formula is C58H54N6. The summed E-state index contributed by atoms with van der Waals surface area (Å²) < 4.78 is 5.06. The number of para-hydroxylation sites is 2. The molecule has 1 saturated heterocycles. The molecule has 316 valence electrons. The maximum atomic E-state index is 5.51. The second-order valence-corrected chi connectivity index (χ2v) is 17.5. The third-order valence-corrected chi connectivity index (χ3v) is 13.3. The SMILES string of the molecule is c1ccc(CCCn2c3ccccc3c3cc(CN4CCN(Cc5cc6c7ccccc7n(CCCc7ccccc7)c6c(-c6ccccc6)n5)CC4)nc(-c4ccccc4)c32)cc1. The maximum Gasteiger partial charge on any atom is 0.0949 e. The lowest BCUT2D eigenvalue weighted by Crippen LogP contribution is -2.45. The van der Waals surface area contributed by atoms with E-state index in [1.807, 2.05) is 0 Å². The van der Waals surface area contributed by atoms with Gasteiger partial charge in [-0.05, 0) is 61.1 Å². The lowest BCUT2D eigenvalue weighted by molar-refractivity contribution is 0.120. The molecule has 0 N–H and O–H groups in total. The predicted molar refractivity (Wildman–Crippen MR) is 265 cm³/mol. The van der Waals surface area contributed by atoms with Crippen LogP contribution in [0.25, 0.3) is 66.1 Å². The van der Waals surface area contributed by atoms with Crippen LogP contribution in [0.2, 0.25) is 0 Å². The number of aryl methyl sites for hydroxylation is 4. The van der Waals surface area contributed by atoms with Gasteiger partial charge in [0.2, 0.25) is 0 Å². The van der Waals surface area contributed by atoms with Crippen LogP contribution < -0.4 is 0 Å². The van der Waals surface area contributed by atoms with E-state index in [2.05, 4.69) is 201 Å². The number of hydrogen-bond acceptors (Lipinski definition) is 4. The number of nitrogens with zero attached hydrogens (tertiary/aromatic N) is 6. The van der Waals surface area contributed by atoms with Crippen LogP contribution in [-0.4, -0.2) is 55.1 Å². The van der Waals surface area contributed by atoms with Gasteiger partial charge in [0.15, 0.2) is 0 Å². The molecule has 6 heteroatoms. The summed E-state index contributed by atoms with van der Waals surface area (Å²) in [7, 11) is 0. The van der Waals surface area contributed by atoms with Gasteiger partial charge in [-0.25, -0.2) is 9.97 Å². The van der Waals surface area contributed by atoms with Gasteiger partial charge in [0, 0.05) is 96.1 Å². The third kappa shape index (κ3) is 8.11. The molecule has 4 aromatic heterocycles. The standard InChI is InChI=1S/C58H54N6/c1-5-19-43(20-6-1)23-17-33-63-53-31-15-13-29-49(53)51-39-47(59-55(57(51)63)45-25-9-3-10-26-45)41-61-35-37-62(38-36-61)42-48-40-52-50-30-14-16-32-54(50)64(34-18-24-44-21-7-2-8-22-44)58(52)56(60-48)46-27-11-4-12-28-46/h1-16,19-22,25-32,39-40H,17-18,23-24,33-38,41-42H2. The minimum atomic E-state index is 0.823. The zero-order valence-electron chi connectivity index (χ0n) is 36.5. The molecule has 0 radical (unpaired) electrons. The second kappa shape index (κ2) is 18.1. The first-order chi connectivity index (χ1) is 31.7. The van der Waals surface area contributed by atoms with Crippen molar-refractivity contribution in [3.05, 3.63) is 205 Å². The minimum absolute atomic E-state index is 0.823. The average Bonchev–Trinajstić information content (AvgIpc) is 3.85. The molecule has 6 nitrogen and oxygen atoms in total. The van der Waals surface area contributed by atoms with Crippen molar-refractivity contribution in [2.24, 2.45) is 0 Å². The molecule has 5 heterocycles. The van der Waals surface area contributed by atoms with Gasteiger partial charge in [-0.3, -0.25) is 9.80 Å². The minimum Gasteiger partial charge on any atom is -0.339 e. The normalized spacial score (nSPS) is 13.8. The van der Waals surface area contributed by atoms with Crippen molar-refractivity contribution in [1.29, 1.82) is 0 Å². The highest BCUT2D eigenvalue weighted by Crippen LogP contribution is 2.38. The zero-order valence-corrected chi connectivity index (χ0v) is 36.5. The zero-order chi connectivity index (χ0) is 42.7. The van der Waals surface area contributed by atoms with Crippen molar-refractivity contribution in [3.63, 3.8) is 0 Å². The van der Waals surface area contributed by atoms with E-state index in [0.29, 0.717) is 0 Å². The largest absolute Gasteiger partial charge is 0.339 e. The molecule has 0 unspecified atom stereocenters. The summed E-state index contributed by atoms with van der Waals surface area (Å²) in [6, 6.07) is 66.0. The van der Waals surface area contributed by atoms with E-state index in [4.69, 9.17) is 9.97 Å². The van der Waals surface area contributed by atoms with Gasteiger partial charge in [-0.1, -0.05) is 158 Å². The molecule has 0 saturated carbocycles. The molecule has 0 amide bonds. The molecule has 1 fully saturated rings. The Hall–Kier alpha value is -6.86. The first-order valence-corrected chi connectivity index (χ1v) is 23.2. The molecule has 0 aliphatic carbocycles. The molecule has 64 heavy (non-hydrogen) atoms. The Bertz CT molecular complexity index is 2950. The number of piperazine rings is 1. The number of pyridine rings is 2. The molecular weight excluding hydrogens is 781 g/mol. The summed E-state index contributed by atoms with van der Waals surface area (Å²) in [5.41, 5.74) is 14.6. The summed E-state index contributed by atoms with van der Waals surface area (Å²) >= 11 is 0. The quantitative estimate of drug-likeness (QED) is 0.109. The van der Waals surface area contributed by atoms with Crippen molar-refractivity contribution in [3.8, 4) is 22.5 Å². The summed E-state index contributed by atoms with van der Waals surface area (Å²) in [6.07, 6.45) is 4.22. The topological polar surface area (TPSA) is 42.1 Å². The molecule has 1 aliphatic heterocycles. The van der Waals surface area contributed by atoms with Crippen molar-refractivity contribution in [2.45, 2.75) is 51.9 Å². The van der Waals surface area contributed by atoms with Crippen LogP contribution in [0.15, 0.2) is 182 Å². The van der Waals surface area contributed by atoms with Crippen LogP contribution in [0.3, 0.4) is 0 Å². The molecule has 6 aromatic carbocycles. The van der Waals surface area contributed by atoms with E-state index in [1.54, 1.807) is 0 Å². The van der Waals surface area contributed by atoms with Gasteiger partial charge in [-0.2, -0.15) is 0 Å². The summed E-state index contributed by atoms with van der Waals surface area (Å²) in [6.45, 7) is 7.45. The number of fused-ring (bicyclic) bond motifs is 6. The van der Waals surface area contributed by atoms with E-state index in [1.165, 1.54) is 65.9 Å². The fraction of sp³-hybridized carbons (Fsp3) is 0.207. The van der Waals surface area contributed by atoms with Gasteiger partial charge in [-0.15, -0.1) is 0 Å². The van der Waals surface area contributed by atoms with Crippen LogP contribution in [0.5, 0.6) is 0 Å². The van der Waals surface area contributed by atoms with Crippen molar-refractivity contribution in [1.82, 2.24) is 28.9 Å². The molecule has 11 rings (SSSR count). The van der Waals surface area contributed by atoms with E-state index in [9.17, 15) is 0 Å². The Morgan fingerprint density at radius 1 is 0.375 bits per heavy atom. The van der Waals surface area contributed by atoms with Crippen LogP contribution in [0.4, 0.5) is 0 Å². The van der Waals surface area contributed by atoms with Crippen LogP contribution in [-0.2, 0) is 39.0 Å². The van der Waals surface area contributed by atoms with Gasteiger partial charge >= 0.3 is 0 Å². The van der Waals surface area contributed by atoms with Crippen molar-refractivity contribution < 1.29 is 0 Å². The van der Waals surface area contributed by atoms with Crippen LogP contribution in [0, 0.1) is 0 Å². The van der Waals surface area contributed by atoms with Crippen LogP contribution >= 0.6 is 0 Å². The fourth-order valence-corrected chi connectivity index (χ4v) is 10.2. The Morgan fingerprint density at radius 3 is 1.14 bits per heavy atom. The van der Waals surface area contributed by atoms with Gasteiger partial charge < -0.3 is 9.13 Å². The monoisotopic (exact) mass is 834 g/mol. The van der Waals surface area contributed by atoms with Crippen LogP contribution in [0.1, 0.15) is 35.4 Å². The highest BCUT2D eigenvalue weighted by Gasteiger charge is 2.24. The number of aromatic nitrogens is 4. The highest BCUT2D eigenvalue weighted by molar-refractivity contribution is 6.13. The number of rotatable bonds is 14. The third-order valence-electron chi connectivity index (χ3n) is 13.3. The van der Waals surface area contributed by atoms with Crippen molar-refractivity contribution in [2.75, 3.05) is 26.2 Å². The van der Waals surface area contributed by atoms with E-state index in [-0.39, 0.29) is 0 Å². The molecule has 1 aliphatic rings. The molecule has 0 spiro atoms. The van der Waals surface area contributed by atoms with E-state index >= 15 is 0 Å².